The number of carbonyl (C=O) groups excluding carboxylic acids is 4. The van der Waals surface area contributed by atoms with E-state index >= 15 is 0 Å². The van der Waals surface area contributed by atoms with Crippen LogP contribution in [0.5, 0.6) is 0 Å². The molecule has 3 atom stereocenters. The fraction of sp³-hybridized carbons (Fsp3) is 0.708. The summed E-state index contributed by atoms with van der Waals surface area (Å²) in [5.41, 5.74) is 0.847. The van der Waals surface area contributed by atoms with Gasteiger partial charge in [-0.2, -0.15) is 0 Å². The van der Waals surface area contributed by atoms with Crippen LogP contribution in [0, 0.1) is 5.92 Å². The number of nitrogens with one attached hydrogen (secondary N) is 3. The van der Waals surface area contributed by atoms with E-state index in [0.717, 1.165) is 56.9 Å². The fourth-order valence-electron chi connectivity index (χ4n) is 7.44. The number of carbonyl (C=O) groups is 4. The molecule has 0 fully saturated rings. The van der Waals surface area contributed by atoms with Crippen LogP contribution in [0.1, 0.15) is 185 Å². The van der Waals surface area contributed by atoms with Crippen molar-refractivity contribution in [3.8, 4) is 0 Å². The maximum Gasteiger partial charge on any atom is 0.475 e. The van der Waals surface area contributed by atoms with Gasteiger partial charge in [0, 0.05) is 38.2 Å². The number of hydrogen-bond donors (Lipinski definition) is 6. The van der Waals surface area contributed by atoms with Crippen LogP contribution in [0.15, 0.2) is 42.7 Å². The molecule has 0 radical (unpaired) electrons. The molecule has 0 aliphatic rings. The van der Waals surface area contributed by atoms with E-state index in [1.54, 1.807) is 0 Å². The number of esters is 2. The van der Waals surface area contributed by atoms with Crippen molar-refractivity contribution >= 4 is 36.7 Å². The van der Waals surface area contributed by atoms with Crippen LogP contribution < -0.4 is 16.0 Å². The first kappa shape index (κ1) is 56.0. The van der Waals surface area contributed by atoms with Gasteiger partial charge in [-0.3, -0.25) is 24.4 Å². The van der Waals surface area contributed by atoms with Gasteiger partial charge < -0.3 is 35.5 Å². The molecule has 0 bridgehead atoms. The van der Waals surface area contributed by atoms with Crippen molar-refractivity contribution in [3.05, 3.63) is 54.0 Å². The molecule has 1 unspecified atom stereocenters. The van der Waals surface area contributed by atoms with Crippen LogP contribution in [0.25, 0.3) is 0 Å². The maximum absolute atomic E-state index is 13.5. The lowest BCUT2D eigenvalue weighted by atomic mass is 9.75. The highest BCUT2D eigenvalue weighted by Crippen LogP contribution is 2.16. The monoisotopic (exact) mass is 898 g/mol. The highest BCUT2D eigenvalue weighted by Gasteiger charge is 2.31. The van der Waals surface area contributed by atoms with Crippen molar-refractivity contribution < 1.29 is 48.8 Å². The van der Waals surface area contributed by atoms with Gasteiger partial charge >= 0.3 is 19.1 Å². The topological polar surface area (TPSA) is 219 Å². The maximum atomic E-state index is 13.5. The largest absolute Gasteiger partial charge is 0.475 e. The standard InChI is InChI=1S/C48H80BN5O10/c1-4-5-6-7-8-9-10-11-12-13-14-15-18-24-29-43(55)62-36-40(37-63-61)64-44(56)30-25-19-16-17-20-26-31-51-46-45(50-32-33-52-46)48(58)53-41(35-39-27-22-21-23-28-39)47(57)54-42(49(59)60)34-38(2)3/h21-23,27-28,32-33,38,40-42,59-61H,4-20,24-26,29-31,34-37H2,1-3H3,(H,51,52)(H,53,58)(H,54,57)/t40?,41-,42-/m0/s1. The number of nitrogens with zero attached hydrogens (tertiary/aromatic N) is 2. The zero-order valence-electron chi connectivity index (χ0n) is 39.1. The lowest BCUT2D eigenvalue weighted by Gasteiger charge is -2.24. The number of hydrogen-bond acceptors (Lipinski definition) is 13. The van der Waals surface area contributed by atoms with E-state index in [1.807, 2.05) is 44.2 Å². The van der Waals surface area contributed by atoms with Crippen LogP contribution in [0.4, 0.5) is 5.82 Å². The van der Waals surface area contributed by atoms with Crippen molar-refractivity contribution in [2.75, 3.05) is 25.1 Å². The molecule has 360 valence electrons. The number of aromatic nitrogens is 2. The summed E-state index contributed by atoms with van der Waals surface area (Å²) in [4.78, 5) is 64.4. The van der Waals surface area contributed by atoms with E-state index in [2.05, 4.69) is 37.7 Å². The lowest BCUT2D eigenvalue weighted by molar-refractivity contribution is -0.261. The minimum atomic E-state index is -1.76. The summed E-state index contributed by atoms with van der Waals surface area (Å²) in [5.74, 6) is -2.47. The van der Waals surface area contributed by atoms with Crippen LogP contribution >= 0.6 is 0 Å². The van der Waals surface area contributed by atoms with Crippen molar-refractivity contribution in [2.24, 2.45) is 5.92 Å². The third kappa shape index (κ3) is 27.3. The average molecular weight is 898 g/mol. The molecule has 1 aromatic carbocycles. The van der Waals surface area contributed by atoms with Gasteiger partial charge in [0.1, 0.15) is 19.3 Å². The number of rotatable bonds is 39. The second-order valence-corrected chi connectivity index (χ2v) is 17.4. The van der Waals surface area contributed by atoms with Gasteiger partial charge in [-0.1, -0.05) is 160 Å². The van der Waals surface area contributed by atoms with E-state index in [9.17, 15) is 29.2 Å². The molecule has 0 aliphatic heterocycles. The first-order valence-electron chi connectivity index (χ1n) is 24.2. The Morgan fingerprint density at radius 1 is 0.688 bits per heavy atom. The minimum absolute atomic E-state index is 0.0346. The third-order valence-corrected chi connectivity index (χ3v) is 11.1. The molecule has 0 aliphatic carbocycles. The van der Waals surface area contributed by atoms with Gasteiger partial charge in [-0.25, -0.2) is 14.9 Å². The second-order valence-electron chi connectivity index (χ2n) is 17.4. The van der Waals surface area contributed by atoms with Crippen LogP contribution in [0.3, 0.4) is 0 Å². The zero-order valence-corrected chi connectivity index (χ0v) is 39.1. The number of unbranched alkanes of at least 4 members (excludes halogenated alkanes) is 18. The van der Waals surface area contributed by atoms with E-state index in [0.29, 0.717) is 25.8 Å². The summed E-state index contributed by atoms with van der Waals surface area (Å²) in [6.45, 7) is 6.15. The Morgan fingerprint density at radius 2 is 1.23 bits per heavy atom. The quantitative estimate of drug-likeness (QED) is 0.0122. The highest BCUT2D eigenvalue weighted by atomic mass is 17.1. The van der Waals surface area contributed by atoms with Crippen LogP contribution in [-0.4, -0.2) is 94.0 Å². The molecule has 15 nitrogen and oxygen atoms in total. The number of amides is 2. The lowest BCUT2D eigenvalue weighted by Crippen LogP contribution is -2.55. The SMILES string of the molecule is CCCCCCCCCCCCCCCCC(=O)OCC(COO)OC(=O)CCCCCCCCNc1nccnc1C(=O)N[C@@H](Cc1ccccc1)C(=O)N[C@@H](CC(C)C)B(O)O. The summed E-state index contributed by atoms with van der Waals surface area (Å²) in [6.07, 6.45) is 25.3. The molecule has 64 heavy (non-hydrogen) atoms. The molecular formula is C48H80BN5O10. The Bertz CT molecular complexity index is 1540. The van der Waals surface area contributed by atoms with E-state index < -0.39 is 43.0 Å². The summed E-state index contributed by atoms with van der Waals surface area (Å²) >= 11 is 0. The summed E-state index contributed by atoms with van der Waals surface area (Å²) in [7, 11) is -1.76. The molecule has 2 aromatic rings. The molecule has 2 amide bonds. The Balaban J connectivity index is 1.63. The Kier molecular flexibility index (Phi) is 31.6. The van der Waals surface area contributed by atoms with Crippen molar-refractivity contribution in [3.63, 3.8) is 0 Å². The molecule has 6 N–H and O–H groups in total. The predicted octanol–water partition coefficient (Wildman–Crippen LogP) is 8.32. The van der Waals surface area contributed by atoms with Gasteiger partial charge in [-0.05, 0) is 37.2 Å². The van der Waals surface area contributed by atoms with Crippen molar-refractivity contribution in [1.29, 1.82) is 0 Å². The molecule has 1 aromatic heterocycles. The summed E-state index contributed by atoms with van der Waals surface area (Å²) < 4.78 is 10.7. The number of ether oxygens (including phenoxy) is 2. The van der Waals surface area contributed by atoms with Crippen molar-refractivity contribution in [2.45, 2.75) is 193 Å². The first-order valence-corrected chi connectivity index (χ1v) is 24.2. The van der Waals surface area contributed by atoms with Gasteiger partial charge in [0.15, 0.2) is 17.6 Å². The Labute approximate surface area is 383 Å². The normalized spacial score (nSPS) is 12.6. The molecule has 0 saturated carbocycles. The molecule has 16 heteroatoms. The van der Waals surface area contributed by atoms with Crippen LogP contribution in [-0.2, 0) is 35.2 Å². The van der Waals surface area contributed by atoms with E-state index in [1.165, 1.54) is 83.0 Å². The fourth-order valence-corrected chi connectivity index (χ4v) is 7.44. The smallest absolute Gasteiger partial charge is 0.462 e. The van der Waals surface area contributed by atoms with E-state index in [4.69, 9.17) is 14.7 Å². The Hall–Kier alpha value is -4.12. The first-order chi connectivity index (χ1) is 31.0. The molecule has 2 rings (SSSR count). The van der Waals surface area contributed by atoms with Gasteiger partial charge in [0.05, 0.1) is 5.94 Å². The van der Waals surface area contributed by atoms with Gasteiger partial charge in [0.2, 0.25) is 5.91 Å². The Morgan fingerprint density at radius 3 is 1.80 bits per heavy atom. The summed E-state index contributed by atoms with van der Waals surface area (Å²) in [5, 5.41) is 37.4. The molecule has 1 heterocycles. The van der Waals surface area contributed by atoms with Crippen molar-refractivity contribution in [1.82, 2.24) is 20.6 Å². The summed E-state index contributed by atoms with van der Waals surface area (Å²) in [6, 6.07) is 8.20. The number of anilines is 1. The van der Waals surface area contributed by atoms with Gasteiger partial charge in [0.25, 0.3) is 5.91 Å². The second kappa shape index (κ2) is 36.1. The van der Waals surface area contributed by atoms with E-state index in [-0.39, 0.29) is 49.5 Å². The molecule has 0 spiro atoms. The molecular weight excluding hydrogens is 817 g/mol. The highest BCUT2D eigenvalue weighted by molar-refractivity contribution is 6.43. The zero-order chi connectivity index (χ0) is 46.6. The average Bonchev–Trinajstić information content (AvgIpc) is 3.27. The van der Waals surface area contributed by atoms with Crippen LogP contribution in [0.2, 0.25) is 0 Å². The van der Waals surface area contributed by atoms with Gasteiger partial charge in [-0.15, -0.1) is 0 Å². The predicted molar refractivity (Wildman–Crippen MR) is 250 cm³/mol. The minimum Gasteiger partial charge on any atom is -0.462 e. The molecule has 0 saturated heterocycles. The number of benzene rings is 1. The third-order valence-electron chi connectivity index (χ3n) is 11.1.